The summed E-state index contributed by atoms with van der Waals surface area (Å²) in [6.45, 7) is 0. The molecular weight excluding hydrogens is 909 g/mol. The first-order valence-electron chi connectivity index (χ1n) is 17.4. The monoisotopic (exact) mass is 939 g/mol. The van der Waals surface area contributed by atoms with Gasteiger partial charge in [0.15, 0.2) is 0 Å². The van der Waals surface area contributed by atoms with Crippen molar-refractivity contribution >= 4 is 142 Å². The van der Waals surface area contributed by atoms with E-state index in [0.29, 0.717) is 33.6 Å². The number of hydrogen-bond acceptors (Lipinski definition) is 12. The first-order valence-corrected chi connectivity index (χ1v) is 19.7. The molecule has 0 atom stereocenters. The van der Waals surface area contributed by atoms with Crippen molar-refractivity contribution < 1.29 is 49.1 Å². The van der Waals surface area contributed by atoms with E-state index in [9.17, 15) is 24.9 Å². The van der Waals surface area contributed by atoms with E-state index in [1.54, 1.807) is 97.1 Å². The zero-order chi connectivity index (χ0) is 44.5. The second-order valence-corrected chi connectivity index (χ2v) is 14.2. The fraction of sp³-hybridized carbons (Fsp3) is 0. The van der Waals surface area contributed by atoms with Crippen LogP contribution >= 0.6 is 70.8 Å². The fourth-order valence-corrected chi connectivity index (χ4v) is 6.10. The third kappa shape index (κ3) is 15.8. The molecule has 6 rings (SSSR count). The van der Waals surface area contributed by atoms with Gasteiger partial charge in [0.1, 0.15) is 17.2 Å². The fourth-order valence-electron chi connectivity index (χ4n) is 4.74. The lowest BCUT2D eigenvalue weighted by Gasteiger charge is -2.12. The summed E-state index contributed by atoms with van der Waals surface area (Å²) in [5.74, 6) is 1.50. The standard InChI is InChI=1S/C13H10BCl2NO3S.C13H11BClNO4.C13H11BClNO3S/c15-8-4-6-9(7-5-8)20-13(21)17-11-3-1-2-10(12(11)16)14(18)19;15-12-10(14(18)19)7-4-8-11(12)16-13(17)20-9-5-2-1-3-6-9;15-12-10(14(17)18)7-4-8-11(12)16-13(20)19-9-5-2-1-3-6-9/h1-7,18-19H,(H,17,21);1-8,18-19H,(H,16,17);1-8,17-18H,(H,16,20). The molecule has 0 unspecified atom stereocenters. The molecule has 0 aromatic heterocycles. The number of anilines is 3. The van der Waals surface area contributed by atoms with Gasteiger partial charge in [-0.2, -0.15) is 0 Å². The van der Waals surface area contributed by atoms with E-state index in [-0.39, 0.29) is 47.5 Å². The van der Waals surface area contributed by atoms with Crippen LogP contribution in [0.1, 0.15) is 0 Å². The number of ether oxygens (including phenoxy) is 3. The highest BCUT2D eigenvalue weighted by atomic mass is 35.5. The van der Waals surface area contributed by atoms with Crippen LogP contribution in [0.15, 0.2) is 140 Å². The largest absolute Gasteiger partial charge is 0.490 e. The Labute approximate surface area is 381 Å². The topological polar surface area (TPSA) is 202 Å². The molecule has 0 aliphatic rings. The summed E-state index contributed by atoms with van der Waals surface area (Å²) in [4.78, 5) is 11.7. The van der Waals surface area contributed by atoms with Gasteiger partial charge in [-0.25, -0.2) is 4.79 Å². The van der Waals surface area contributed by atoms with Gasteiger partial charge in [-0.05, 0) is 91.2 Å². The molecule has 1 amide bonds. The maximum atomic E-state index is 11.7. The van der Waals surface area contributed by atoms with Crippen molar-refractivity contribution in [2.75, 3.05) is 16.0 Å². The van der Waals surface area contributed by atoms with Crippen molar-refractivity contribution in [1.82, 2.24) is 0 Å². The molecule has 6 aromatic carbocycles. The molecule has 13 nitrogen and oxygen atoms in total. The minimum Gasteiger partial charge on any atom is -0.432 e. The van der Waals surface area contributed by atoms with Gasteiger partial charge in [-0.1, -0.05) is 119 Å². The van der Waals surface area contributed by atoms with E-state index in [2.05, 4.69) is 16.0 Å². The van der Waals surface area contributed by atoms with Crippen LogP contribution in [0, 0.1) is 0 Å². The molecule has 0 aliphatic carbocycles. The first kappa shape index (κ1) is 48.7. The van der Waals surface area contributed by atoms with Crippen LogP contribution in [0.5, 0.6) is 17.2 Å². The van der Waals surface area contributed by atoms with E-state index in [1.165, 1.54) is 24.3 Å². The van der Waals surface area contributed by atoms with Crippen molar-refractivity contribution in [3.8, 4) is 17.2 Å². The summed E-state index contributed by atoms with van der Waals surface area (Å²) in [5, 5.41) is 64.2. The molecule has 0 bridgehead atoms. The Morgan fingerprint density at radius 2 is 0.754 bits per heavy atom. The maximum Gasteiger partial charge on any atom is 0.490 e. The summed E-state index contributed by atoms with van der Waals surface area (Å²) < 4.78 is 15.9. The summed E-state index contributed by atoms with van der Waals surface area (Å²) in [6.07, 6.45) is -0.720. The van der Waals surface area contributed by atoms with Gasteiger partial charge >= 0.3 is 27.4 Å². The average molecular weight is 941 g/mol. The van der Waals surface area contributed by atoms with Gasteiger partial charge < -0.3 is 55.0 Å². The molecule has 0 spiro atoms. The van der Waals surface area contributed by atoms with Crippen LogP contribution in [-0.4, -0.2) is 67.9 Å². The lowest BCUT2D eigenvalue weighted by Crippen LogP contribution is -2.31. The van der Waals surface area contributed by atoms with Crippen molar-refractivity contribution in [3.63, 3.8) is 0 Å². The Bertz CT molecular complexity index is 2290. The highest BCUT2D eigenvalue weighted by Crippen LogP contribution is 2.23. The zero-order valence-corrected chi connectivity index (χ0v) is 35.8. The SMILES string of the molecule is O=C(Nc1cccc(B(O)O)c1Cl)Oc1ccccc1.OB(O)c1cccc(NC(=S)Oc2ccc(Cl)cc2)c1Cl.OB(O)c1cccc(NC(=S)Oc2ccccc2)c1Cl. The number of rotatable bonds is 9. The Hall–Kier alpha value is -4.92. The van der Waals surface area contributed by atoms with Crippen LogP contribution in [-0.2, 0) is 0 Å². The molecule has 312 valence electrons. The molecule has 0 heterocycles. The van der Waals surface area contributed by atoms with E-state index >= 15 is 0 Å². The third-order valence-corrected chi connectivity index (χ3v) is 9.45. The molecule has 22 heteroatoms. The Morgan fingerprint density at radius 1 is 0.426 bits per heavy atom. The number of halogens is 4. The molecule has 6 aromatic rings. The first-order chi connectivity index (χ1) is 29.1. The Morgan fingerprint density at radius 3 is 1.11 bits per heavy atom. The Kier molecular flexibility index (Phi) is 19.6. The Balaban J connectivity index is 0.000000202. The zero-order valence-electron chi connectivity index (χ0n) is 31.2. The third-order valence-electron chi connectivity index (χ3n) is 7.56. The maximum absolute atomic E-state index is 11.7. The van der Waals surface area contributed by atoms with Crippen LogP contribution in [0.4, 0.5) is 21.9 Å². The van der Waals surface area contributed by atoms with E-state index in [4.69, 9.17) is 95.1 Å². The van der Waals surface area contributed by atoms with Gasteiger partial charge in [0.25, 0.3) is 10.3 Å². The van der Waals surface area contributed by atoms with Gasteiger partial charge in [0.05, 0.1) is 32.1 Å². The quantitative estimate of drug-likeness (QED) is 0.0615. The van der Waals surface area contributed by atoms with Gasteiger partial charge in [-0.15, -0.1) is 0 Å². The number of para-hydroxylation sites is 2. The molecule has 0 fully saturated rings. The van der Waals surface area contributed by atoms with Gasteiger partial charge in [0.2, 0.25) is 0 Å². The summed E-state index contributed by atoms with van der Waals surface area (Å²) in [6, 6.07) is 38.4. The minimum atomic E-state index is -1.71. The molecule has 61 heavy (non-hydrogen) atoms. The number of nitrogens with one attached hydrogen (secondary N) is 3. The van der Waals surface area contributed by atoms with Crippen molar-refractivity contribution in [1.29, 1.82) is 0 Å². The molecule has 0 radical (unpaired) electrons. The van der Waals surface area contributed by atoms with E-state index in [1.807, 2.05) is 18.2 Å². The molecule has 0 aliphatic heterocycles. The number of amides is 1. The predicted octanol–water partition coefficient (Wildman–Crippen LogP) is 5.88. The second kappa shape index (κ2) is 24.5. The number of carbonyl (C=O) groups is 1. The summed E-state index contributed by atoms with van der Waals surface area (Å²) in [7, 11) is -5.02. The molecule has 0 saturated carbocycles. The van der Waals surface area contributed by atoms with Crippen LogP contribution < -0.4 is 46.5 Å². The smallest absolute Gasteiger partial charge is 0.432 e. The highest BCUT2D eigenvalue weighted by molar-refractivity contribution is 7.80. The molecule has 0 saturated heterocycles. The van der Waals surface area contributed by atoms with Crippen molar-refractivity contribution in [3.05, 3.63) is 160 Å². The predicted molar refractivity (Wildman–Crippen MR) is 252 cm³/mol. The second-order valence-electron chi connectivity index (χ2n) is 11.9. The average Bonchev–Trinajstić information content (AvgIpc) is 3.22. The van der Waals surface area contributed by atoms with Gasteiger partial charge in [0, 0.05) is 21.4 Å². The van der Waals surface area contributed by atoms with Crippen molar-refractivity contribution in [2.45, 2.75) is 0 Å². The number of hydrogen-bond donors (Lipinski definition) is 9. The van der Waals surface area contributed by atoms with Crippen LogP contribution in [0.25, 0.3) is 0 Å². The van der Waals surface area contributed by atoms with Crippen LogP contribution in [0.3, 0.4) is 0 Å². The molecular formula is C39H32B3Cl4N3O10S2. The summed E-state index contributed by atoms with van der Waals surface area (Å²) in [5.41, 5.74) is 1.57. The van der Waals surface area contributed by atoms with Gasteiger partial charge in [-0.3, -0.25) is 5.32 Å². The summed E-state index contributed by atoms with van der Waals surface area (Å²) >= 11 is 34.0. The molecule has 9 N–H and O–H groups in total. The highest BCUT2D eigenvalue weighted by Gasteiger charge is 2.20. The number of benzene rings is 6. The minimum absolute atomic E-state index is 0.0486. The lowest BCUT2D eigenvalue weighted by molar-refractivity contribution is 0.215. The normalized spacial score (nSPS) is 10.0. The van der Waals surface area contributed by atoms with E-state index < -0.39 is 27.4 Å². The van der Waals surface area contributed by atoms with Crippen molar-refractivity contribution in [2.24, 2.45) is 0 Å². The van der Waals surface area contributed by atoms with Crippen LogP contribution in [0.2, 0.25) is 20.1 Å². The lowest BCUT2D eigenvalue weighted by atomic mass is 9.80. The number of carbonyl (C=O) groups excluding carboxylic acids is 1. The van der Waals surface area contributed by atoms with E-state index in [0.717, 1.165) is 0 Å². The number of thiocarbonyl (C=S) groups is 2.